The molecule has 2 aromatic carbocycles. The van der Waals surface area contributed by atoms with Crippen LogP contribution in [0, 0.1) is 6.92 Å². The quantitative estimate of drug-likeness (QED) is 0.865. The Balaban J connectivity index is 2.01. The van der Waals surface area contributed by atoms with Crippen LogP contribution in [0.4, 0.5) is 5.69 Å². The molecule has 0 radical (unpaired) electrons. The maximum atomic E-state index is 11.0. The van der Waals surface area contributed by atoms with Crippen molar-refractivity contribution in [1.82, 2.24) is 0 Å². The van der Waals surface area contributed by atoms with Crippen LogP contribution < -0.4 is 5.32 Å². The first-order valence-corrected chi connectivity index (χ1v) is 6.70. The highest BCUT2D eigenvalue weighted by Crippen LogP contribution is 2.18. The normalized spacial score (nSPS) is 11.9. The van der Waals surface area contributed by atoms with E-state index in [9.17, 15) is 4.79 Å². The molecule has 0 aliphatic heterocycles. The van der Waals surface area contributed by atoms with Gasteiger partial charge in [0, 0.05) is 12.2 Å². The van der Waals surface area contributed by atoms with E-state index in [2.05, 4.69) is 24.4 Å². The Hall–Kier alpha value is -2.29. The fourth-order valence-corrected chi connectivity index (χ4v) is 2.18. The highest BCUT2D eigenvalue weighted by Gasteiger charge is 2.08. The molecule has 0 aliphatic carbocycles. The summed E-state index contributed by atoms with van der Waals surface area (Å²) in [6.45, 7) is 4.80. The molecule has 0 aliphatic rings. The number of aryl methyl sites for hydroxylation is 1. The van der Waals surface area contributed by atoms with Gasteiger partial charge in [0.1, 0.15) is 0 Å². The van der Waals surface area contributed by atoms with Crippen molar-refractivity contribution in [3.8, 4) is 0 Å². The van der Waals surface area contributed by atoms with Gasteiger partial charge in [-0.3, -0.25) is 0 Å². The maximum absolute atomic E-state index is 11.0. The predicted octanol–water partition coefficient (Wildman–Crippen LogP) is 3.91. The van der Waals surface area contributed by atoms with Crippen LogP contribution in [0.15, 0.2) is 48.5 Å². The van der Waals surface area contributed by atoms with Gasteiger partial charge >= 0.3 is 5.97 Å². The number of hydrogen-bond donors (Lipinski definition) is 2. The van der Waals surface area contributed by atoms with Crippen LogP contribution in [0.3, 0.4) is 0 Å². The molecule has 1 atom stereocenters. The molecule has 0 fully saturated rings. The highest BCUT2D eigenvalue weighted by molar-refractivity contribution is 5.89. The maximum Gasteiger partial charge on any atom is 0.335 e. The van der Waals surface area contributed by atoms with Crippen molar-refractivity contribution in [3.63, 3.8) is 0 Å². The number of nitrogens with one attached hydrogen (secondary N) is 1. The first-order chi connectivity index (χ1) is 9.58. The van der Waals surface area contributed by atoms with Crippen molar-refractivity contribution in [2.24, 2.45) is 0 Å². The molecule has 0 spiro atoms. The molecule has 0 bridgehead atoms. The molecule has 2 N–H and O–H groups in total. The molecule has 2 aromatic rings. The fraction of sp³-hybridized carbons (Fsp3) is 0.235. The number of carboxylic acids is 1. The lowest BCUT2D eigenvalue weighted by Gasteiger charge is -2.14. The second kappa shape index (κ2) is 6.24. The minimum absolute atomic E-state index is 0.353. The molecule has 3 nitrogen and oxygen atoms in total. The SMILES string of the molecule is Cc1cc(NCC(C)c2ccccc2)ccc1C(=O)O. The molecule has 0 saturated carbocycles. The Labute approximate surface area is 119 Å². The Kier molecular flexibility index (Phi) is 4.41. The summed E-state index contributed by atoms with van der Waals surface area (Å²) in [7, 11) is 0. The lowest BCUT2D eigenvalue weighted by atomic mass is 10.0. The van der Waals surface area contributed by atoms with Crippen molar-refractivity contribution in [2.75, 3.05) is 11.9 Å². The smallest absolute Gasteiger partial charge is 0.335 e. The van der Waals surface area contributed by atoms with Crippen LogP contribution in [0.5, 0.6) is 0 Å². The summed E-state index contributed by atoms with van der Waals surface area (Å²) in [6, 6.07) is 15.7. The van der Waals surface area contributed by atoms with Crippen molar-refractivity contribution < 1.29 is 9.90 Å². The van der Waals surface area contributed by atoms with E-state index < -0.39 is 5.97 Å². The number of anilines is 1. The molecule has 20 heavy (non-hydrogen) atoms. The zero-order valence-electron chi connectivity index (χ0n) is 11.8. The molecule has 104 valence electrons. The molecular weight excluding hydrogens is 250 g/mol. The standard InChI is InChI=1S/C17H19NO2/c1-12-10-15(8-9-16(12)17(19)20)18-11-13(2)14-6-4-3-5-7-14/h3-10,13,18H,11H2,1-2H3,(H,19,20). The number of benzene rings is 2. The topological polar surface area (TPSA) is 49.3 Å². The third kappa shape index (κ3) is 3.38. The molecule has 0 saturated heterocycles. The number of carboxylic acid groups (broad SMARTS) is 1. The third-order valence-corrected chi connectivity index (χ3v) is 3.44. The number of hydrogen-bond acceptors (Lipinski definition) is 2. The van der Waals surface area contributed by atoms with Gasteiger partial charge in [0.05, 0.1) is 5.56 Å². The van der Waals surface area contributed by atoms with Gasteiger partial charge in [-0.15, -0.1) is 0 Å². The highest BCUT2D eigenvalue weighted by atomic mass is 16.4. The van der Waals surface area contributed by atoms with E-state index in [0.717, 1.165) is 17.8 Å². The molecule has 0 amide bonds. The largest absolute Gasteiger partial charge is 0.478 e. The minimum atomic E-state index is -0.883. The zero-order valence-corrected chi connectivity index (χ0v) is 11.8. The van der Waals surface area contributed by atoms with Gasteiger partial charge in [0.15, 0.2) is 0 Å². The van der Waals surface area contributed by atoms with Crippen molar-refractivity contribution >= 4 is 11.7 Å². The predicted molar refractivity (Wildman–Crippen MR) is 81.5 cm³/mol. The van der Waals surface area contributed by atoms with Gasteiger partial charge in [-0.2, -0.15) is 0 Å². The van der Waals surface area contributed by atoms with E-state index in [4.69, 9.17) is 5.11 Å². The van der Waals surface area contributed by atoms with Gasteiger partial charge in [-0.25, -0.2) is 4.79 Å². The first-order valence-electron chi connectivity index (χ1n) is 6.70. The van der Waals surface area contributed by atoms with Crippen LogP contribution in [0.1, 0.15) is 34.3 Å². The molecule has 3 heteroatoms. The summed E-state index contributed by atoms with van der Waals surface area (Å²) < 4.78 is 0. The van der Waals surface area contributed by atoms with E-state index in [1.807, 2.05) is 37.3 Å². The average molecular weight is 269 g/mol. The van der Waals surface area contributed by atoms with Gasteiger partial charge in [-0.05, 0) is 42.2 Å². The second-order valence-electron chi connectivity index (χ2n) is 5.03. The van der Waals surface area contributed by atoms with Gasteiger partial charge < -0.3 is 10.4 Å². The molecule has 2 rings (SSSR count). The summed E-state index contributed by atoms with van der Waals surface area (Å²) in [6.07, 6.45) is 0. The van der Waals surface area contributed by atoms with Crippen LogP contribution >= 0.6 is 0 Å². The Bertz CT molecular complexity index is 593. The number of carbonyl (C=O) groups is 1. The average Bonchev–Trinajstić information content (AvgIpc) is 2.45. The lowest BCUT2D eigenvalue weighted by Crippen LogP contribution is -2.10. The second-order valence-corrected chi connectivity index (χ2v) is 5.03. The summed E-state index contributed by atoms with van der Waals surface area (Å²) in [5.41, 5.74) is 3.37. The summed E-state index contributed by atoms with van der Waals surface area (Å²) in [5, 5.41) is 12.4. The summed E-state index contributed by atoms with van der Waals surface area (Å²) in [5.74, 6) is -0.484. The van der Waals surface area contributed by atoms with E-state index in [-0.39, 0.29) is 0 Å². The van der Waals surface area contributed by atoms with Crippen LogP contribution in [-0.4, -0.2) is 17.6 Å². The van der Waals surface area contributed by atoms with E-state index >= 15 is 0 Å². The monoisotopic (exact) mass is 269 g/mol. The van der Waals surface area contributed by atoms with Gasteiger partial charge in [0.25, 0.3) is 0 Å². The summed E-state index contributed by atoms with van der Waals surface area (Å²) in [4.78, 5) is 11.0. The van der Waals surface area contributed by atoms with Crippen LogP contribution in [-0.2, 0) is 0 Å². The first kappa shape index (κ1) is 14.1. The Morgan fingerprint density at radius 3 is 2.50 bits per heavy atom. The molecular formula is C17H19NO2. The number of rotatable bonds is 5. The molecule has 0 aromatic heterocycles. The van der Waals surface area contributed by atoms with E-state index in [0.29, 0.717) is 11.5 Å². The van der Waals surface area contributed by atoms with Gasteiger partial charge in [-0.1, -0.05) is 37.3 Å². The zero-order chi connectivity index (χ0) is 14.5. The van der Waals surface area contributed by atoms with Crippen molar-refractivity contribution in [2.45, 2.75) is 19.8 Å². The van der Waals surface area contributed by atoms with Gasteiger partial charge in [0.2, 0.25) is 0 Å². The third-order valence-electron chi connectivity index (χ3n) is 3.44. The Morgan fingerprint density at radius 2 is 1.90 bits per heavy atom. The minimum Gasteiger partial charge on any atom is -0.478 e. The van der Waals surface area contributed by atoms with Crippen molar-refractivity contribution in [3.05, 3.63) is 65.2 Å². The van der Waals surface area contributed by atoms with Crippen LogP contribution in [0.2, 0.25) is 0 Å². The number of aromatic carboxylic acids is 1. The van der Waals surface area contributed by atoms with Crippen LogP contribution in [0.25, 0.3) is 0 Å². The summed E-state index contributed by atoms with van der Waals surface area (Å²) >= 11 is 0. The fourth-order valence-electron chi connectivity index (χ4n) is 2.18. The lowest BCUT2D eigenvalue weighted by molar-refractivity contribution is 0.0696. The molecule has 1 unspecified atom stereocenters. The van der Waals surface area contributed by atoms with E-state index in [1.54, 1.807) is 6.07 Å². The molecule has 0 heterocycles. The Morgan fingerprint density at radius 1 is 1.20 bits per heavy atom. The van der Waals surface area contributed by atoms with E-state index in [1.165, 1.54) is 5.56 Å². The van der Waals surface area contributed by atoms with Crippen molar-refractivity contribution in [1.29, 1.82) is 0 Å².